The minimum atomic E-state index is -0.432. The minimum absolute atomic E-state index is 0.128. The SMILES string of the molecule is CC(C)c1cnn2c(N[C@@H]3CCc4[nH]c5cc(O)ccc5c4C3)nc(-c3cncc(F)c3)nc12. The van der Waals surface area contributed by atoms with Crippen molar-refractivity contribution in [1.29, 1.82) is 0 Å². The number of fused-ring (bicyclic) bond motifs is 4. The van der Waals surface area contributed by atoms with Crippen LogP contribution in [-0.4, -0.2) is 40.7 Å². The van der Waals surface area contributed by atoms with Crippen molar-refractivity contribution in [2.75, 3.05) is 5.32 Å². The Morgan fingerprint density at radius 2 is 2.06 bits per heavy atom. The highest BCUT2D eigenvalue weighted by atomic mass is 19.1. The van der Waals surface area contributed by atoms with Crippen molar-refractivity contribution in [2.45, 2.75) is 45.1 Å². The van der Waals surface area contributed by atoms with E-state index in [9.17, 15) is 9.50 Å². The molecule has 0 saturated carbocycles. The number of rotatable bonds is 4. The molecular formula is C25H24FN7O. The molecule has 1 atom stereocenters. The largest absolute Gasteiger partial charge is 0.508 e. The zero-order valence-corrected chi connectivity index (χ0v) is 18.9. The van der Waals surface area contributed by atoms with E-state index in [2.05, 4.69) is 34.2 Å². The molecular weight excluding hydrogens is 433 g/mol. The van der Waals surface area contributed by atoms with Gasteiger partial charge in [-0.05, 0) is 48.9 Å². The highest BCUT2D eigenvalue weighted by Gasteiger charge is 2.25. The zero-order chi connectivity index (χ0) is 23.4. The van der Waals surface area contributed by atoms with Crippen LogP contribution in [0, 0.1) is 5.82 Å². The number of pyridine rings is 1. The van der Waals surface area contributed by atoms with Gasteiger partial charge in [0.05, 0.1) is 12.4 Å². The van der Waals surface area contributed by atoms with Gasteiger partial charge in [0.15, 0.2) is 11.5 Å². The van der Waals surface area contributed by atoms with Gasteiger partial charge in [-0.25, -0.2) is 9.37 Å². The maximum atomic E-state index is 13.9. The smallest absolute Gasteiger partial charge is 0.228 e. The predicted molar refractivity (Wildman–Crippen MR) is 127 cm³/mol. The molecule has 6 rings (SSSR count). The molecule has 0 amide bonds. The van der Waals surface area contributed by atoms with Gasteiger partial charge in [-0.15, -0.1) is 0 Å². The molecule has 34 heavy (non-hydrogen) atoms. The van der Waals surface area contributed by atoms with Crippen LogP contribution in [-0.2, 0) is 12.8 Å². The van der Waals surface area contributed by atoms with Crippen molar-refractivity contribution in [1.82, 2.24) is 29.5 Å². The van der Waals surface area contributed by atoms with E-state index in [0.717, 1.165) is 35.7 Å². The van der Waals surface area contributed by atoms with Crippen LogP contribution >= 0.6 is 0 Å². The van der Waals surface area contributed by atoms with Crippen molar-refractivity contribution in [3.05, 3.63) is 65.5 Å². The molecule has 5 aromatic rings. The summed E-state index contributed by atoms with van der Waals surface area (Å²) in [5.74, 6) is 1.02. The molecule has 1 aliphatic carbocycles. The summed E-state index contributed by atoms with van der Waals surface area (Å²) in [7, 11) is 0. The zero-order valence-electron chi connectivity index (χ0n) is 18.9. The summed E-state index contributed by atoms with van der Waals surface area (Å²) in [4.78, 5) is 16.9. The Labute approximate surface area is 194 Å². The number of aromatic amines is 1. The van der Waals surface area contributed by atoms with Gasteiger partial charge in [-0.3, -0.25) is 4.98 Å². The summed E-state index contributed by atoms with van der Waals surface area (Å²) in [5, 5.41) is 19.1. The molecule has 3 N–H and O–H groups in total. The van der Waals surface area contributed by atoms with Gasteiger partial charge in [0, 0.05) is 46.0 Å². The molecule has 0 unspecified atom stereocenters. The van der Waals surface area contributed by atoms with Crippen LogP contribution in [0.15, 0.2) is 42.9 Å². The average molecular weight is 458 g/mol. The molecule has 172 valence electrons. The second-order valence-corrected chi connectivity index (χ2v) is 9.15. The van der Waals surface area contributed by atoms with Gasteiger partial charge >= 0.3 is 0 Å². The second-order valence-electron chi connectivity index (χ2n) is 9.15. The van der Waals surface area contributed by atoms with E-state index in [1.165, 1.54) is 23.5 Å². The topological polar surface area (TPSA) is 104 Å². The maximum Gasteiger partial charge on any atom is 0.228 e. The standard InChI is InChI=1S/C25H24FN7O/c1-13(2)20-12-28-33-24(20)31-23(14-7-15(26)11-27-10-14)32-25(33)29-16-3-6-21-19(8-16)18-5-4-17(34)9-22(18)30-21/h4-5,7,9-13,16,30,34H,3,6,8H2,1-2H3,(H,29,31,32)/t16-/m1/s1. The number of nitrogens with zero attached hydrogens (tertiary/aromatic N) is 5. The van der Waals surface area contributed by atoms with E-state index in [4.69, 9.17) is 9.97 Å². The molecule has 8 nitrogen and oxygen atoms in total. The Balaban J connectivity index is 1.40. The molecule has 9 heteroatoms. The lowest BCUT2D eigenvalue weighted by atomic mass is 9.91. The van der Waals surface area contributed by atoms with E-state index in [-0.39, 0.29) is 17.7 Å². The summed E-state index contributed by atoms with van der Waals surface area (Å²) >= 11 is 0. The summed E-state index contributed by atoms with van der Waals surface area (Å²) in [6, 6.07) is 6.97. The molecule has 1 aromatic carbocycles. The Bertz CT molecular complexity index is 1540. The number of hydrogen-bond acceptors (Lipinski definition) is 6. The van der Waals surface area contributed by atoms with Crippen LogP contribution in [0.25, 0.3) is 27.9 Å². The number of aromatic nitrogens is 6. The Kier molecular flexibility index (Phi) is 4.72. The molecule has 0 radical (unpaired) electrons. The van der Waals surface area contributed by atoms with Gasteiger partial charge in [-0.1, -0.05) is 13.8 Å². The number of phenols is 1. The number of halogens is 1. The average Bonchev–Trinajstić information content (AvgIpc) is 3.40. The summed E-state index contributed by atoms with van der Waals surface area (Å²) in [5.41, 5.74) is 5.62. The number of aryl methyl sites for hydroxylation is 1. The first kappa shape index (κ1) is 20.6. The highest BCUT2D eigenvalue weighted by molar-refractivity contribution is 5.86. The monoisotopic (exact) mass is 457 g/mol. The summed E-state index contributed by atoms with van der Waals surface area (Å²) < 4.78 is 15.6. The van der Waals surface area contributed by atoms with Crippen LogP contribution in [0.2, 0.25) is 0 Å². The van der Waals surface area contributed by atoms with Crippen LogP contribution in [0.1, 0.15) is 43.0 Å². The fourth-order valence-corrected chi connectivity index (χ4v) is 4.78. The van der Waals surface area contributed by atoms with Crippen LogP contribution in [0.5, 0.6) is 5.75 Å². The van der Waals surface area contributed by atoms with Crippen LogP contribution in [0.3, 0.4) is 0 Å². The van der Waals surface area contributed by atoms with Crippen molar-refractivity contribution >= 4 is 22.5 Å². The quantitative estimate of drug-likeness (QED) is 0.364. The second kappa shape index (κ2) is 7.79. The maximum absolute atomic E-state index is 13.9. The normalized spacial score (nSPS) is 15.8. The van der Waals surface area contributed by atoms with Gasteiger partial charge in [0.25, 0.3) is 0 Å². The van der Waals surface area contributed by atoms with Crippen molar-refractivity contribution < 1.29 is 9.50 Å². The number of anilines is 1. The van der Waals surface area contributed by atoms with E-state index in [1.807, 2.05) is 12.3 Å². The Morgan fingerprint density at radius 3 is 2.88 bits per heavy atom. The number of H-pyrrole nitrogens is 1. The van der Waals surface area contributed by atoms with E-state index in [1.54, 1.807) is 22.8 Å². The number of aromatic hydroxyl groups is 1. The van der Waals surface area contributed by atoms with Gasteiger partial charge in [0.2, 0.25) is 5.95 Å². The molecule has 0 spiro atoms. The number of benzene rings is 1. The lowest BCUT2D eigenvalue weighted by molar-refractivity contribution is 0.476. The molecule has 1 aliphatic rings. The lowest BCUT2D eigenvalue weighted by Gasteiger charge is -2.24. The van der Waals surface area contributed by atoms with Gasteiger partial charge in [-0.2, -0.15) is 14.6 Å². The third-order valence-corrected chi connectivity index (χ3v) is 6.49. The lowest BCUT2D eigenvalue weighted by Crippen LogP contribution is -2.29. The van der Waals surface area contributed by atoms with Crippen LogP contribution < -0.4 is 5.32 Å². The summed E-state index contributed by atoms with van der Waals surface area (Å²) in [6.07, 6.45) is 7.15. The first-order chi connectivity index (χ1) is 16.5. The van der Waals surface area contributed by atoms with Crippen molar-refractivity contribution in [3.8, 4) is 17.1 Å². The predicted octanol–water partition coefficient (Wildman–Crippen LogP) is 4.61. The first-order valence-corrected chi connectivity index (χ1v) is 11.4. The number of nitrogens with one attached hydrogen (secondary N) is 2. The minimum Gasteiger partial charge on any atom is -0.508 e. The number of phenolic OH excluding ortho intramolecular Hbond substituents is 1. The number of hydrogen-bond donors (Lipinski definition) is 3. The van der Waals surface area contributed by atoms with Crippen molar-refractivity contribution in [3.63, 3.8) is 0 Å². The molecule has 0 aliphatic heterocycles. The first-order valence-electron chi connectivity index (χ1n) is 11.4. The molecule has 0 fully saturated rings. The highest BCUT2D eigenvalue weighted by Crippen LogP contribution is 2.32. The molecule has 0 bridgehead atoms. The van der Waals surface area contributed by atoms with Gasteiger partial charge in [0.1, 0.15) is 11.6 Å². The van der Waals surface area contributed by atoms with E-state index < -0.39 is 5.82 Å². The fourth-order valence-electron chi connectivity index (χ4n) is 4.78. The van der Waals surface area contributed by atoms with Crippen molar-refractivity contribution in [2.24, 2.45) is 0 Å². The van der Waals surface area contributed by atoms with Gasteiger partial charge < -0.3 is 15.4 Å². The third kappa shape index (κ3) is 3.44. The molecule has 0 saturated heterocycles. The molecule has 4 aromatic heterocycles. The Hall–Kier alpha value is -4.01. The molecule has 4 heterocycles. The Morgan fingerprint density at radius 1 is 1.18 bits per heavy atom. The van der Waals surface area contributed by atoms with E-state index >= 15 is 0 Å². The third-order valence-electron chi connectivity index (χ3n) is 6.49. The van der Waals surface area contributed by atoms with E-state index in [0.29, 0.717) is 23.0 Å². The summed E-state index contributed by atoms with van der Waals surface area (Å²) in [6.45, 7) is 4.18. The van der Waals surface area contributed by atoms with Crippen LogP contribution in [0.4, 0.5) is 10.3 Å². The fraction of sp³-hybridized carbons (Fsp3) is 0.280.